The van der Waals surface area contributed by atoms with Crippen LogP contribution in [0.4, 0.5) is 0 Å². The predicted molar refractivity (Wildman–Crippen MR) is 61.7 cm³/mol. The summed E-state index contributed by atoms with van der Waals surface area (Å²) >= 11 is 0. The SMILES string of the molecule is OC1CCCC(CNCc2cnccn2)C1. The van der Waals surface area contributed by atoms with Crippen molar-refractivity contribution in [1.82, 2.24) is 15.3 Å². The molecule has 2 unspecified atom stereocenters. The molecule has 0 spiro atoms. The number of aromatic nitrogens is 2. The monoisotopic (exact) mass is 221 g/mol. The van der Waals surface area contributed by atoms with E-state index in [9.17, 15) is 5.11 Å². The van der Waals surface area contributed by atoms with E-state index < -0.39 is 0 Å². The van der Waals surface area contributed by atoms with Gasteiger partial charge in [0.25, 0.3) is 0 Å². The van der Waals surface area contributed by atoms with Crippen molar-refractivity contribution in [2.24, 2.45) is 5.92 Å². The molecule has 0 aliphatic heterocycles. The molecule has 2 atom stereocenters. The molecule has 0 aromatic carbocycles. The average Bonchev–Trinajstić information content (AvgIpc) is 2.30. The number of hydrogen-bond acceptors (Lipinski definition) is 4. The second-order valence-corrected chi connectivity index (χ2v) is 4.51. The van der Waals surface area contributed by atoms with Crippen molar-refractivity contribution >= 4 is 0 Å². The van der Waals surface area contributed by atoms with E-state index in [1.165, 1.54) is 6.42 Å². The molecule has 1 fully saturated rings. The molecule has 1 aliphatic rings. The van der Waals surface area contributed by atoms with Gasteiger partial charge in [0.1, 0.15) is 0 Å². The lowest BCUT2D eigenvalue weighted by atomic mass is 9.87. The molecule has 1 saturated carbocycles. The highest BCUT2D eigenvalue weighted by Gasteiger charge is 2.19. The number of nitrogens with one attached hydrogen (secondary N) is 1. The minimum atomic E-state index is -0.0860. The van der Waals surface area contributed by atoms with Crippen molar-refractivity contribution in [3.05, 3.63) is 24.3 Å². The Labute approximate surface area is 96.1 Å². The number of nitrogens with zero attached hydrogens (tertiary/aromatic N) is 2. The molecule has 1 aliphatic carbocycles. The van der Waals surface area contributed by atoms with Crippen LogP contribution in [-0.4, -0.2) is 27.7 Å². The quantitative estimate of drug-likeness (QED) is 0.800. The Morgan fingerprint density at radius 2 is 2.31 bits per heavy atom. The topological polar surface area (TPSA) is 58.0 Å². The first-order chi connectivity index (χ1) is 7.84. The zero-order valence-corrected chi connectivity index (χ0v) is 9.47. The molecule has 0 radical (unpaired) electrons. The second-order valence-electron chi connectivity index (χ2n) is 4.51. The Kier molecular flexibility index (Phi) is 4.25. The summed E-state index contributed by atoms with van der Waals surface area (Å²) in [5, 5.41) is 12.9. The van der Waals surface area contributed by atoms with Gasteiger partial charge in [-0.05, 0) is 31.7 Å². The number of aliphatic hydroxyl groups is 1. The summed E-state index contributed by atoms with van der Waals surface area (Å²) < 4.78 is 0. The van der Waals surface area contributed by atoms with Crippen molar-refractivity contribution in [3.63, 3.8) is 0 Å². The smallest absolute Gasteiger partial charge is 0.0724 e. The third kappa shape index (κ3) is 3.54. The van der Waals surface area contributed by atoms with Gasteiger partial charge in [0.2, 0.25) is 0 Å². The van der Waals surface area contributed by atoms with Crippen LogP contribution < -0.4 is 5.32 Å². The van der Waals surface area contributed by atoms with Crippen LogP contribution in [0.3, 0.4) is 0 Å². The van der Waals surface area contributed by atoms with Crippen LogP contribution in [0.25, 0.3) is 0 Å². The highest BCUT2D eigenvalue weighted by molar-refractivity contribution is 4.93. The normalized spacial score (nSPS) is 25.6. The molecule has 1 aromatic heterocycles. The van der Waals surface area contributed by atoms with E-state index in [1.54, 1.807) is 18.6 Å². The molecule has 16 heavy (non-hydrogen) atoms. The van der Waals surface area contributed by atoms with E-state index in [4.69, 9.17) is 0 Å². The third-order valence-corrected chi connectivity index (χ3v) is 3.11. The lowest BCUT2D eigenvalue weighted by Crippen LogP contribution is -2.29. The zero-order valence-electron chi connectivity index (χ0n) is 9.47. The van der Waals surface area contributed by atoms with E-state index >= 15 is 0 Å². The highest BCUT2D eigenvalue weighted by Crippen LogP contribution is 2.23. The first kappa shape index (κ1) is 11.5. The predicted octanol–water partition coefficient (Wildman–Crippen LogP) is 1.12. The van der Waals surface area contributed by atoms with Crippen LogP contribution in [-0.2, 0) is 6.54 Å². The molecular formula is C12H19N3O. The molecule has 0 saturated heterocycles. The van der Waals surface area contributed by atoms with Crippen molar-refractivity contribution in [2.75, 3.05) is 6.54 Å². The first-order valence-electron chi connectivity index (χ1n) is 5.98. The van der Waals surface area contributed by atoms with E-state index in [0.29, 0.717) is 5.92 Å². The Hall–Kier alpha value is -1.00. The van der Waals surface area contributed by atoms with Gasteiger partial charge in [-0.15, -0.1) is 0 Å². The van der Waals surface area contributed by atoms with Crippen molar-refractivity contribution in [2.45, 2.75) is 38.3 Å². The van der Waals surface area contributed by atoms with E-state index in [1.807, 2.05) is 0 Å². The lowest BCUT2D eigenvalue weighted by Gasteiger charge is -2.25. The average molecular weight is 221 g/mol. The fraction of sp³-hybridized carbons (Fsp3) is 0.667. The summed E-state index contributed by atoms with van der Waals surface area (Å²) in [6.07, 6.45) is 9.37. The van der Waals surface area contributed by atoms with Gasteiger partial charge < -0.3 is 10.4 Å². The number of hydrogen-bond donors (Lipinski definition) is 2. The Balaban J connectivity index is 1.68. The Bertz CT molecular complexity index is 304. The number of rotatable bonds is 4. The maximum atomic E-state index is 9.55. The van der Waals surface area contributed by atoms with Gasteiger partial charge in [0.05, 0.1) is 11.8 Å². The van der Waals surface area contributed by atoms with Gasteiger partial charge >= 0.3 is 0 Å². The van der Waals surface area contributed by atoms with Gasteiger partial charge in [-0.25, -0.2) is 0 Å². The largest absolute Gasteiger partial charge is 0.393 e. The molecular weight excluding hydrogens is 202 g/mol. The second kappa shape index (κ2) is 5.92. The van der Waals surface area contributed by atoms with Crippen molar-refractivity contribution in [1.29, 1.82) is 0 Å². The molecule has 4 nitrogen and oxygen atoms in total. The van der Waals surface area contributed by atoms with Crippen molar-refractivity contribution in [3.8, 4) is 0 Å². The van der Waals surface area contributed by atoms with Gasteiger partial charge in [0, 0.05) is 25.1 Å². The maximum absolute atomic E-state index is 9.55. The summed E-state index contributed by atoms with van der Waals surface area (Å²) in [5.74, 6) is 0.612. The van der Waals surface area contributed by atoms with Crippen LogP contribution in [0.15, 0.2) is 18.6 Å². The molecule has 1 aromatic rings. The summed E-state index contributed by atoms with van der Waals surface area (Å²) in [5.41, 5.74) is 0.971. The van der Waals surface area contributed by atoms with Gasteiger partial charge in [-0.1, -0.05) is 6.42 Å². The Morgan fingerprint density at radius 1 is 1.38 bits per heavy atom. The van der Waals surface area contributed by atoms with Gasteiger partial charge in [-0.2, -0.15) is 0 Å². The third-order valence-electron chi connectivity index (χ3n) is 3.11. The fourth-order valence-electron chi connectivity index (χ4n) is 2.27. The summed E-state index contributed by atoms with van der Waals surface area (Å²) in [4.78, 5) is 8.22. The minimum Gasteiger partial charge on any atom is -0.393 e. The van der Waals surface area contributed by atoms with Crippen LogP contribution in [0.1, 0.15) is 31.4 Å². The molecule has 1 heterocycles. The minimum absolute atomic E-state index is 0.0860. The Morgan fingerprint density at radius 3 is 3.06 bits per heavy atom. The van der Waals surface area contributed by atoms with Crippen LogP contribution in [0.2, 0.25) is 0 Å². The van der Waals surface area contributed by atoms with Crippen molar-refractivity contribution < 1.29 is 5.11 Å². The van der Waals surface area contributed by atoms with E-state index in [0.717, 1.165) is 38.0 Å². The van der Waals surface area contributed by atoms with Crippen LogP contribution in [0, 0.1) is 5.92 Å². The van der Waals surface area contributed by atoms with Gasteiger partial charge in [0.15, 0.2) is 0 Å². The maximum Gasteiger partial charge on any atom is 0.0724 e. The molecule has 0 bridgehead atoms. The summed E-state index contributed by atoms with van der Waals surface area (Å²) in [6, 6.07) is 0. The summed E-state index contributed by atoms with van der Waals surface area (Å²) in [6.45, 7) is 1.73. The van der Waals surface area contributed by atoms with Gasteiger partial charge in [-0.3, -0.25) is 9.97 Å². The van der Waals surface area contributed by atoms with Crippen LogP contribution in [0.5, 0.6) is 0 Å². The molecule has 4 heteroatoms. The number of aliphatic hydroxyl groups excluding tert-OH is 1. The lowest BCUT2D eigenvalue weighted by molar-refractivity contribution is 0.101. The molecule has 2 rings (SSSR count). The van der Waals surface area contributed by atoms with E-state index in [2.05, 4.69) is 15.3 Å². The highest BCUT2D eigenvalue weighted by atomic mass is 16.3. The summed E-state index contributed by atoms with van der Waals surface area (Å²) in [7, 11) is 0. The molecule has 0 amide bonds. The van der Waals surface area contributed by atoms with E-state index in [-0.39, 0.29) is 6.10 Å². The fourth-order valence-corrected chi connectivity index (χ4v) is 2.27. The molecule has 88 valence electrons. The standard InChI is InChI=1S/C12H19N3O/c16-12-3-1-2-10(6-12)7-14-9-11-8-13-4-5-15-11/h4-5,8,10,12,14,16H,1-3,6-7,9H2. The van der Waals surface area contributed by atoms with Crippen LogP contribution >= 0.6 is 0 Å². The first-order valence-corrected chi connectivity index (χ1v) is 5.98. The zero-order chi connectivity index (χ0) is 11.2. The molecule has 2 N–H and O–H groups in total.